The maximum absolute atomic E-state index is 13.6. The molecule has 2 aromatic carbocycles. The topological polar surface area (TPSA) is 71.1 Å². The molecule has 2 N–H and O–H groups in total. The third-order valence-corrected chi connectivity index (χ3v) is 4.00. The summed E-state index contributed by atoms with van der Waals surface area (Å²) in [6, 6.07) is 13.1. The predicted molar refractivity (Wildman–Crippen MR) is 101 cm³/mol. The van der Waals surface area contributed by atoms with Crippen LogP contribution in [0.25, 0.3) is 0 Å². The number of anilines is 1. The van der Waals surface area contributed by atoms with E-state index in [0.717, 1.165) is 0 Å². The number of benzene rings is 2. The molecule has 0 saturated carbocycles. The van der Waals surface area contributed by atoms with E-state index in [1.807, 2.05) is 0 Å². The van der Waals surface area contributed by atoms with Crippen LogP contribution in [0.5, 0.6) is 0 Å². The third kappa shape index (κ3) is 4.97. The number of pyridine rings is 1. The third-order valence-electron chi connectivity index (χ3n) is 4.00. The van der Waals surface area contributed by atoms with Crippen LogP contribution in [0, 0.1) is 11.6 Å². The molecule has 0 bridgehead atoms. The fourth-order valence-corrected chi connectivity index (χ4v) is 2.54. The number of aromatic nitrogens is 1. The maximum Gasteiger partial charge on any atom is 0.257 e. The van der Waals surface area contributed by atoms with Gasteiger partial charge in [0.1, 0.15) is 11.6 Å². The highest BCUT2D eigenvalue weighted by Crippen LogP contribution is 2.11. The molecular weight excluding hydrogens is 364 g/mol. The van der Waals surface area contributed by atoms with Gasteiger partial charge in [0, 0.05) is 24.6 Å². The van der Waals surface area contributed by atoms with Crippen LogP contribution < -0.4 is 10.6 Å². The van der Waals surface area contributed by atoms with Crippen molar-refractivity contribution in [3.8, 4) is 0 Å². The minimum atomic E-state index is -0.472. The number of carbonyl (C=O) groups is 2. The van der Waals surface area contributed by atoms with E-state index in [1.165, 1.54) is 48.8 Å². The van der Waals surface area contributed by atoms with Gasteiger partial charge in [-0.25, -0.2) is 8.78 Å². The van der Waals surface area contributed by atoms with Gasteiger partial charge < -0.3 is 10.6 Å². The van der Waals surface area contributed by atoms with Crippen LogP contribution in [-0.2, 0) is 6.42 Å². The van der Waals surface area contributed by atoms with Crippen LogP contribution in [-0.4, -0.2) is 23.3 Å². The van der Waals surface area contributed by atoms with Crippen molar-refractivity contribution in [2.45, 2.75) is 6.42 Å². The molecule has 0 spiro atoms. The normalized spacial score (nSPS) is 10.4. The monoisotopic (exact) mass is 381 g/mol. The summed E-state index contributed by atoms with van der Waals surface area (Å²) in [4.78, 5) is 28.5. The van der Waals surface area contributed by atoms with Gasteiger partial charge in [-0.15, -0.1) is 0 Å². The largest absolute Gasteiger partial charge is 0.352 e. The highest BCUT2D eigenvalue weighted by atomic mass is 19.1. The van der Waals surface area contributed by atoms with E-state index in [0.29, 0.717) is 17.7 Å². The number of rotatable bonds is 6. The van der Waals surface area contributed by atoms with Crippen molar-refractivity contribution in [2.75, 3.05) is 11.9 Å². The van der Waals surface area contributed by atoms with Gasteiger partial charge in [0.15, 0.2) is 0 Å². The fraction of sp³-hybridized carbons (Fsp3) is 0.0952. The van der Waals surface area contributed by atoms with E-state index in [-0.39, 0.29) is 23.5 Å². The van der Waals surface area contributed by atoms with Gasteiger partial charge in [0.05, 0.1) is 11.1 Å². The lowest BCUT2D eigenvalue weighted by molar-refractivity contribution is 0.0953. The summed E-state index contributed by atoms with van der Waals surface area (Å²) in [7, 11) is 0. The lowest BCUT2D eigenvalue weighted by Crippen LogP contribution is -2.26. The number of hydrogen-bond donors (Lipinski definition) is 2. The molecule has 5 nitrogen and oxygen atoms in total. The Morgan fingerprint density at radius 2 is 1.57 bits per heavy atom. The Morgan fingerprint density at radius 3 is 2.29 bits per heavy atom. The van der Waals surface area contributed by atoms with Gasteiger partial charge in [-0.05, 0) is 48.4 Å². The molecule has 0 aliphatic rings. The highest BCUT2D eigenvalue weighted by Gasteiger charge is 2.12. The maximum atomic E-state index is 13.6. The van der Waals surface area contributed by atoms with Crippen LogP contribution >= 0.6 is 0 Å². The van der Waals surface area contributed by atoms with E-state index in [9.17, 15) is 18.4 Å². The second-order valence-electron chi connectivity index (χ2n) is 6.02. The molecule has 0 atom stereocenters. The fourth-order valence-electron chi connectivity index (χ4n) is 2.54. The molecule has 0 aliphatic carbocycles. The molecule has 0 fully saturated rings. The number of nitrogens with zero attached hydrogens (tertiary/aromatic N) is 1. The van der Waals surface area contributed by atoms with Crippen molar-refractivity contribution in [1.29, 1.82) is 0 Å². The molecule has 0 saturated heterocycles. The first-order chi connectivity index (χ1) is 13.5. The zero-order valence-electron chi connectivity index (χ0n) is 14.8. The van der Waals surface area contributed by atoms with Crippen LogP contribution in [0.1, 0.15) is 26.3 Å². The van der Waals surface area contributed by atoms with Crippen LogP contribution in [0.4, 0.5) is 14.5 Å². The van der Waals surface area contributed by atoms with Gasteiger partial charge in [-0.2, -0.15) is 0 Å². The lowest BCUT2D eigenvalue weighted by atomic mass is 10.1. The minimum Gasteiger partial charge on any atom is -0.352 e. The Labute approximate surface area is 160 Å². The van der Waals surface area contributed by atoms with Crippen molar-refractivity contribution in [3.05, 3.63) is 95.3 Å². The van der Waals surface area contributed by atoms with Crippen molar-refractivity contribution < 1.29 is 18.4 Å². The van der Waals surface area contributed by atoms with Crippen molar-refractivity contribution >= 4 is 17.5 Å². The average Bonchev–Trinajstić information content (AvgIpc) is 2.71. The summed E-state index contributed by atoms with van der Waals surface area (Å²) in [6.45, 7) is 0.242. The molecule has 2 amide bonds. The van der Waals surface area contributed by atoms with E-state index in [4.69, 9.17) is 0 Å². The second kappa shape index (κ2) is 8.85. The zero-order valence-corrected chi connectivity index (χ0v) is 14.8. The molecule has 28 heavy (non-hydrogen) atoms. The zero-order chi connectivity index (χ0) is 19.9. The van der Waals surface area contributed by atoms with E-state index in [2.05, 4.69) is 15.6 Å². The summed E-state index contributed by atoms with van der Waals surface area (Å²) in [6.07, 6.45) is 3.01. The first-order valence-electron chi connectivity index (χ1n) is 8.56. The van der Waals surface area contributed by atoms with Crippen LogP contribution in [0.3, 0.4) is 0 Å². The molecule has 1 aromatic heterocycles. The minimum absolute atomic E-state index is 0.186. The van der Waals surface area contributed by atoms with Gasteiger partial charge in [0.2, 0.25) is 0 Å². The summed E-state index contributed by atoms with van der Waals surface area (Å²) >= 11 is 0. The number of nitrogens with one attached hydrogen (secondary N) is 2. The molecular formula is C21H17F2N3O2. The van der Waals surface area contributed by atoms with Crippen LogP contribution in [0.2, 0.25) is 0 Å². The van der Waals surface area contributed by atoms with Crippen molar-refractivity contribution in [2.24, 2.45) is 0 Å². The number of amides is 2. The lowest BCUT2D eigenvalue weighted by Gasteiger charge is -2.08. The molecule has 1 heterocycles. The quantitative estimate of drug-likeness (QED) is 0.686. The number of hydrogen-bond acceptors (Lipinski definition) is 3. The van der Waals surface area contributed by atoms with Crippen LogP contribution in [0.15, 0.2) is 67.0 Å². The number of carbonyl (C=O) groups excluding carboxylic acids is 2. The Morgan fingerprint density at radius 1 is 0.893 bits per heavy atom. The molecule has 0 unspecified atom stereocenters. The van der Waals surface area contributed by atoms with Crippen molar-refractivity contribution in [1.82, 2.24) is 10.3 Å². The number of halogens is 2. The summed E-state index contributed by atoms with van der Waals surface area (Å²) in [5.74, 6) is -1.62. The Kier molecular flexibility index (Phi) is 6.06. The summed E-state index contributed by atoms with van der Waals surface area (Å²) in [5, 5.41) is 5.28. The SMILES string of the molecule is O=C(NCCc1ccccc1F)c1cncc(C(=O)Nc2ccc(F)cc2)c1. The van der Waals surface area contributed by atoms with Gasteiger partial charge in [-0.1, -0.05) is 18.2 Å². The molecule has 0 aliphatic heterocycles. The van der Waals surface area contributed by atoms with E-state index < -0.39 is 17.6 Å². The molecule has 3 rings (SSSR count). The Bertz CT molecular complexity index is 991. The summed E-state index contributed by atoms with van der Waals surface area (Å²) in [5.41, 5.74) is 1.32. The van der Waals surface area contributed by atoms with E-state index in [1.54, 1.807) is 18.2 Å². The predicted octanol–water partition coefficient (Wildman–Crippen LogP) is 3.58. The highest BCUT2D eigenvalue weighted by molar-refractivity contribution is 6.05. The molecule has 0 radical (unpaired) electrons. The van der Waals surface area contributed by atoms with E-state index >= 15 is 0 Å². The van der Waals surface area contributed by atoms with Gasteiger partial charge in [0.25, 0.3) is 11.8 Å². The second-order valence-corrected chi connectivity index (χ2v) is 6.02. The summed E-state index contributed by atoms with van der Waals surface area (Å²) < 4.78 is 26.5. The van der Waals surface area contributed by atoms with Gasteiger partial charge >= 0.3 is 0 Å². The smallest absolute Gasteiger partial charge is 0.257 e. The van der Waals surface area contributed by atoms with Gasteiger partial charge in [-0.3, -0.25) is 14.6 Å². The average molecular weight is 381 g/mol. The Balaban J connectivity index is 1.60. The standard InChI is InChI=1S/C21H17F2N3O2/c22-17-5-7-18(8-6-17)26-21(28)16-11-15(12-24-13-16)20(27)25-10-9-14-3-1-2-4-19(14)23/h1-8,11-13H,9-10H2,(H,25,27)(H,26,28). The molecule has 7 heteroatoms. The Hall–Kier alpha value is -3.61. The molecule has 3 aromatic rings. The molecule has 142 valence electrons. The van der Waals surface area contributed by atoms with Crippen molar-refractivity contribution in [3.63, 3.8) is 0 Å². The first kappa shape index (κ1) is 19.2. The first-order valence-corrected chi connectivity index (χ1v) is 8.56.